The molecule has 0 fully saturated rings. The summed E-state index contributed by atoms with van der Waals surface area (Å²) < 4.78 is 0.861. The molecule has 1 N–H and O–H groups in total. The molecule has 0 aliphatic rings. The van der Waals surface area contributed by atoms with E-state index in [2.05, 4.69) is 29.4 Å². The van der Waals surface area contributed by atoms with Crippen LogP contribution in [0.3, 0.4) is 0 Å². The topological polar surface area (TPSA) is 24.9 Å². The largest absolute Gasteiger partial charge is 0.309 e. The number of rotatable bonds is 7. The molecular formula is C15H19ClN2S. The van der Waals surface area contributed by atoms with Crippen molar-refractivity contribution < 1.29 is 0 Å². The van der Waals surface area contributed by atoms with Crippen LogP contribution in [0.2, 0.25) is 4.34 Å². The van der Waals surface area contributed by atoms with Gasteiger partial charge in [0.2, 0.25) is 0 Å². The standard InChI is InChI=1S/C15H19ClN2S/c1-2-9-18-13(14-7-8-15(16)19-14)6-5-12-4-3-10-17-11-12/h3-4,7-8,10-11,13,18H,2,5-6,9H2,1H3. The third-order valence-electron chi connectivity index (χ3n) is 3.02. The Kier molecular flexibility index (Phi) is 5.83. The fourth-order valence-corrected chi connectivity index (χ4v) is 3.21. The van der Waals surface area contributed by atoms with Crippen LogP contribution in [0.5, 0.6) is 0 Å². The number of aryl methyl sites for hydroxylation is 1. The highest BCUT2D eigenvalue weighted by molar-refractivity contribution is 7.16. The lowest BCUT2D eigenvalue weighted by atomic mass is 10.1. The van der Waals surface area contributed by atoms with Gasteiger partial charge in [-0.25, -0.2) is 0 Å². The molecule has 2 nitrogen and oxygen atoms in total. The molecule has 4 heteroatoms. The van der Waals surface area contributed by atoms with Crippen LogP contribution in [0.25, 0.3) is 0 Å². The minimum Gasteiger partial charge on any atom is -0.309 e. The molecule has 0 amide bonds. The lowest BCUT2D eigenvalue weighted by molar-refractivity contribution is 0.506. The quantitative estimate of drug-likeness (QED) is 0.815. The predicted octanol–water partition coefficient (Wildman–Crippen LogP) is 4.47. The summed E-state index contributed by atoms with van der Waals surface area (Å²) in [6.45, 7) is 3.22. The van der Waals surface area contributed by atoms with Crippen molar-refractivity contribution in [2.24, 2.45) is 0 Å². The molecule has 0 bridgehead atoms. The Morgan fingerprint density at radius 3 is 2.89 bits per heavy atom. The number of nitrogens with one attached hydrogen (secondary N) is 1. The van der Waals surface area contributed by atoms with Crippen LogP contribution in [0, 0.1) is 0 Å². The number of thiophene rings is 1. The first-order valence-corrected chi connectivity index (χ1v) is 7.86. The summed E-state index contributed by atoms with van der Waals surface area (Å²) in [5, 5.41) is 3.60. The van der Waals surface area contributed by atoms with Crippen molar-refractivity contribution >= 4 is 22.9 Å². The van der Waals surface area contributed by atoms with Crippen molar-refractivity contribution in [2.75, 3.05) is 6.54 Å². The van der Waals surface area contributed by atoms with E-state index in [4.69, 9.17) is 11.6 Å². The second kappa shape index (κ2) is 7.63. The summed E-state index contributed by atoms with van der Waals surface area (Å²) in [6, 6.07) is 8.62. The van der Waals surface area contributed by atoms with Crippen molar-refractivity contribution in [1.82, 2.24) is 10.3 Å². The predicted molar refractivity (Wildman–Crippen MR) is 82.9 cm³/mol. The number of halogens is 1. The summed E-state index contributed by atoms with van der Waals surface area (Å²) in [6.07, 6.45) is 7.00. The number of pyridine rings is 1. The Morgan fingerprint density at radius 2 is 2.26 bits per heavy atom. The molecule has 0 saturated carbocycles. The molecule has 2 rings (SSSR count). The smallest absolute Gasteiger partial charge is 0.0931 e. The maximum absolute atomic E-state index is 6.04. The van der Waals surface area contributed by atoms with E-state index in [9.17, 15) is 0 Å². The van der Waals surface area contributed by atoms with Crippen molar-refractivity contribution in [2.45, 2.75) is 32.2 Å². The maximum Gasteiger partial charge on any atom is 0.0931 e. The minimum absolute atomic E-state index is 0.387. The fourth-order valence-electron chi connectivity index (χ4n) is 2.04. The molecule has 2 heterocycles. The van der Waals surface area contributed by atoms with Crippen LogP contribution in [0.4, 0.5) is 0 Å². The third kappa shape index (κ3) is 4.60. The number of nitrogens with zero attached hydrogens (tertiary/aromatic N) is 1. The van der Waals surface area contributed by atoms with Gasteiger partial charge in [0.1, 0.15) is 0 Å². The summed E-state index contributed by atoms with van der Waals surface area (Å²) in [7, 11) is 0. The fraction of sp³-hybridized carbons (Fsp3) is 0.400. The number of hydrogen-bond acceptors (Lipinski definition) is 3. The molecular weight excluding hydrogens is 276 g/mol. The van der Waals surface area contributed by atoms with E-state index in [0.29, 0.717) is 6.04 Å². The first-order valence-electron chi connectivity index (χ1n) is 6.67. The van der Waals surface area contributed by atoms with Gasteiger partial charge < -0.3 is 5.32 Å². The molecule has 102 valence electrons. The molecule has 0 radical (unpaired) electrons. The van der Waals surface area contributed by atoms with Crippen LogP contribution in [-0.2, 0) is 6.42 Å². The highest BCUT2D eigenvalue weighted by Gasteiger charge is 2.13. The van der Waals surface area contributed by atoms with Gasteiger partial charge >= 0.3 is 0 Å². The summed E-state index contributed by atoms with van der Waals surface area (Å²) in [5.74, 6) is 0. The van der Waals surface area contributed by atoms with Crippen LogP contribution < -0.4 is 5.32 Å². The zero-order chi connectivity index (χ0) is 13.5. The van der Waals surface area contributed by atoms with Crippen LogP contribution in [-0.4, -0.2) is 11.5 Å². The highest BCUT2D eigenvalue weighted by atomic mass is 35.5. The molecule has 1 unspecified atom stereocenters. The molecule has 0 aliphatic heterocycles. The van der Waals surface area contributed by atoms with Crippen LogP contribution in [0.1, 0.15) is 36.2 Å². The molecule has 0 saturated heterocycles. The Bertz CT molecular complexity index is 484. The first-order chi connectivity index (χ1) is 9.29. The van der Waals surface area contributed by atoms with Crippen molar-refractivity contribution in [3.63, 3.8) is 0 Å². The zero-order valence-electron chi connectivity index (χ0n) is 11.1. The summed E-state index contributed by atoms with van der Waals surface area (Å²) >= 11 is 7.71. The normalized spacial score (nSPS) is 12.5. The van der Waals surface area contributed by atoms with Gasteiger partial charge in [-0.2, -0.15) is 0 Å². The lowest BCUT2D eigenvalue weighted by Gasteiger charge is -2.17. The molecule has 1 atom stereocenters. The Balaban J connectivity index is 1.98. The first kappa shape index (κ1) is 14.5. The molecule has 19 heavy (non-hydrogen) atoms. The van der Waals surface area contributed by atoms with Gasteiger partial charge in [-0.1, -0.05) is 24.6 Å². The Morgan fingerprint density at radius 1 is 1.37 bits per heavy atom. The third-order valence-corrected chi connectivity index (χ3v) is 4.37. The lowest BCUT2D eigenvalue weighted by Crippen LogP contribution is -2.21. The van der Waals surface area contributed by atoms with Gasteiger partial charge in [0.15, 0.2) is 0 Å². The van der Waals surface area contributed by atoms with E-state index < -0.39 is 0 Å². The van der Waals surface area contributed by atoms with Crippen molar-refractivity contribution in [3.8, 4) is 0 Å². The van der Waals surface area contributed by atoms with Gasteiger partial charge in [0.25, 0.3) is 0 Å². The molecule has 2 aromatic heterocycles. The van der Waals surface area contributed by atoms with Crippen LogP contribution >= 0.6 is 22.9 Å². The van der Waals surface area contributed by atoms with Gasteiger partial charge in [0, 0.05) is 23.3 Å². The number of aromatic nitrogens is 1. The average Bonchev–Trinajstić information content (AvgIpc) is 2.86. The van der Waals surface area contributed by atoms with E-state index >= 15 is 0 Å². The van der Waals surface area contributed by atoms with Gasteiger partial charge in [-0.05, 0) is 49.6 Å². The van der Waals surface area contributed by atoms with Crippen molar-refractivity contribution in [3.05, 3.63) is 51.4 Å². The second-order valence-electron chi connectivity index (χ2n) is 4.55. The van der Waals surface area contributed by atoms with Crippen LogP contribution in [0.15, 0.2) is 36.7 Å². The Hall–Kier alpha value is -0.900. The van der Waals surface area contributed by atoms with E-state index in [1.165, 1.54) is 10.4 Å². The van der Waals surface area contributed by atoms with E-state index in [-0.39, 0.29) is 0 Å². The molecule has 2 aromatic rings. The molecule has 0 aliphatic carbocycles. The SMILES string of the molecule is CCCNC(CCc1cccnc1)c1ccc(Cl)s1. The van der Waals surface area contributed by atoms with E-state index in [0.717, 1.165) is 30.1 Å². The van der Waals surface area contributed by atoms with Gasteiger partial charge in [-0.15, -0.1) is 11.3 Å². The molecule has 0 aromatic carbocycles. The van der Waals surface area contributed by atoms with Gasteiger partial charge in [-0.3, -0.25) is 4.98 Å². The number of hydrogen-bond donors (Lipinski definition) is 1. The minimum atomic E-state index is 0.387. The van der Waals surface area contributed by atoms with Crippen molar-refractivity contribution in [1.29, 1.82) is 0 Å². The highest BCUT2D eigenvalue weighted by Crippen LogP contribution is 2.29. The average molecular weight is 295 g/mol. The van der Waals surface area contributed by atoms with E-state index in [1.54, 1.807) is 11.3 Å². The second-order valence-corrected chi connectivity index (χ2v) is 6.30. The summed E-state index contributed by atoms with van der Waals surface area (Å²) in [4.78, 5) is 5.48. The molecule has 0 spiro atoms. The van der Waals surface area contributed by atoms with Gasteiger partial charge in [0.05, 0.1) is 4.34 Å². The maximum atomic E-state index is 6.04. The summed E-state index contributed by atoms with van der Waals surface area (Å²) in [5.41, 5.74) is 1.29. The zero-order valence-corrected chi connectivity index (χ0v) is 12.7. The Labute approximate surface area is 123 Å². The van der Waals surface area contributed by atoms with E-state index in [1.807, 2.05) is 24.5 Å². The monoisotopic (exact) mass is 294 g/mol.